The third-order valence-corrected chi connectivity index (χ3v) is 8.70. The first-order valence-electron chi connectivity index (χ1n) is 10.7. The molecule has 0 aliphatic rings. The Hall–Kier alpha value is -3.71. The molecule has 0 saturated heterocycles. The molecule has 4 rings (SSSR count). The van der Waals surface area contributed by atoms with Gasteiger partial charge < -0.3 is 10.4 Å². The number of carboxylic acids is 1. The summed E-state index contributed by atoms with van der Waals surface area (Å²) in [5.74, 6) is -3.01. The van der Waals surface area contributed by atoms with Crippen LogP contribution in [0, 0.1) is 0 Å². The fourth-order valence-corrected chi connectivity index (χ4v) is 6.83. The average molecular weight is 552 g/mol. The number of alkyl halides is 3. The number of carboxylic acid groups (broad SMARTS) is 1. The minimum atomic E-state index is -4.67. The molecule has 4 aromatic rings. The van der Waals surface area contributed by atoms with Crippen LogP contribution in [0.1, 0.15) is 41.8 Å². The van der Waals surface area contributed by atoms with E-state index in [4.69, 9.17) is 0 Å². The van der Waals surface area contributed by atoms with E-state index in [0.717, 1.165) is 45.7 Å². The molecule has 8 nitrogen and oxygen atoms in total. The Morgan fingerprint density at radius 1 is 1.19 bits per heavy atom. The van der Waals surface area contributed by atoms with Gasteiger partial charge in [-0.05, 0) is 48.9 Å². The molecule has 194 valence electrons. The van der Waals surface area contributed by atoms with Crippen LogP contribution < -0.4 is 5.32 Å². The molecule has 0 aliphatic carbocycles. The zero-order valence-corrected chi connectivity index (χ0v) is 21.0. The molecule has 0 fully saturated rings. The number of carbonyl (C=O) groups excluding carboxylic acids is 1. The van der Waals surface area contributed by atoms with Crippen LogP contribution in [0.4, 0.5) is 18.3 Å². The summed E-state index contributed by atoms with van der Waals surface area (Å²) in [6.07, 6.45) is -3.50. The van der Waals surface area contributed by atoms with Gasteiger partial charge in [0.05, 0.1) is 27.2 Å². The van der Waals surface area contributed by atoms with Gasteiger partial charge in [-0.2, -0.15) is 13.2 Å². The van der Waals surface area contributed by atoms with Crippen LogP contribution >= 0.6 is 11.3 Å². The highest BCUT2D eigenvalue weighted by Crippen LogP contribution is 2.38. The summed E-state index contributed by atoms with van der Waals surface area (Å²) in [6, 6.07) is 8.34. The second kappa shape index (κ2) is 9.30. The largest absolute Gasteiger partial charge is 0.481 e. The van der Waals surface area contributed by atoms with Crippen molar-refractivity contribution >= 4 is 59.5 Å². The van der Waals surface area contributed by atoms with Crippen molar-refractivity contribution < 1.29 is 36.3 Å². The van der Waals surface area contributed by atoms with Crippen molar-refractivity contribution in [3.05, 3.63) is 71.9 Å². The Morgan fingerprint density at radius 3 is 2.49 bits per heavy atom. The number of nitrogens with one attached hydrogen (secondary N) is 1. The van der Waals surface area contributed by atoms with E-state index in [9.17, 15) is 36.3 Å². The van der Waals surface area contributed by atoms with E-state index in [0.29, 0.717) is 15.3 Å². The van der Waals surface area contributed by atoms with Crippen molar-refractivity contribution in [1.29, 1.82) is 0 Å². The van der Waals surface area contributed by atoms with Crippen LogP contribution in [0.25, 0.3) is 21.1 Å². The minimum absolute atomic E-state index is 0.0674. The van der Waals surface area contributed by atoms with E-state index in [1.54, 1.807) is 12.1 Å². The number of thiazole rings is 1. The van der Waals surface area contributed by atoms with Crippen molar-refractivity contribution in [3.8, 4) is 0 Å². The number of rotatable bonds is 7. The zero-order valence-electron chi connectivity index (χ0n) is 19.4. The first-order valence-corrected chi connectivity index (χ1v) is 13.1. The molecule has 2 heterocycles. The summed E-state index contributed by atoms with van der Waals surface area (Å²) in [5.41, 5.74) is -0.475. The van der Waals surface area contributed by atoms with Gasteiger partial charge in [-0.3, -0.25) is 9.59 Å². The first-order chi connectivity index (χ1) is 17.2. The summed E-state index contributed by atoms with van der Waals surface area (Å²) < 4.78 is 69.2. The average Bonchev–Trinajstić information content (AvgIpc) is 3.37. The summed E-state index contributed by atoms with van der Waals surface area (Å²) in [5, 5.41) is 11.0. The van der Waals surface area contributed by atoms with Gasteiger partial charge in [-0.15, -0.1) is 6.58 Å². The highest BCUT2D eigenvalue weighted by Gasteiger charge is 2.35. The number of aliphatic carboxylic acids is 1. The quantitative estimate of drug-likeness (QED) is 0.292. The molecule has 2 aromatic carbocycles. The number of hydrogen-bond donors (Lipinski definition) is 2. The lowest BCUT2D eigenvalue weighted by Gasteiger charge is -2.20. The van der Waals surface area contributed by atoms with Gasteiger partial charge in [0.15, 0.2) is 5.13 Å². The Morgan fingerprint density at radius 2 is 1.89 bits per heavy atom. The summed E-state index contributed by atoms with van der Waals surface area (Å²) in [6.45, 7) is 6.23. The second-order valence-electron chi connectivity index (χ2n) is 8.29. The van der Waals surface area contributed by atoms with E-state index < -0.39 is 38.9 Å². The van der Waals surface area contributed by atoms with Gasteiger partial charge in [-0.1, -0.05) is 23.5 Å². The number of halogens is 3. The lowest BCUT2D eigenvalue weighted by molar-refractivity contribution is -0.139. The van der Waals surface area contributed by atoms with Crippen LogP contribution in [0.15, 0.2) is 55.1 Å². The molecule has 0 bridgehead atoms. The molecule has 0 aliphatic heterocycles. The van der Waals surface area contributed by atoms with Gasteiger partial charge in [0, 0.05) is 18.0 Å². The number of fused-ring (bicyclic) bond motifs is 2. The maximum atomic E-state index is 14.0. The van der Waals surface area contributed by atoms with Gasteiger partial charge in [0.2, 0.25) is 15.9 Å². The highest BCUT2D eigenvalue weighted by molar-refractivity contribution is 7.90. The molecule has 2 N–H and O–H groups in total. The number of carbonyl (C=O) groups is 2. The summed E-state index contributed by atoms with van der Waals surface area (Å²) in [7, 11) is -4.46. The Kier molecular flexibility index (Phi) is 6.63. The molecule has 2 atom stereocenters. The van der Waals surface area contributed by atoms with Crippen LogP contribution in [0.3, 0.4) is 0 Å². The number of amides is 1. The Bertz CT molecular complexity index is 1670. The molecular weight excluding hydrogens is 531 g/mol. The summed E-state index contributed by atoms with van der Waals surface area (Å²) >= 11 is 1.13. The number of aromatic nitrogens is 2. The zero-order chi connectivity index (χ0) is 27.3. The van der Waals surface area contributed by atoms with E-state index in [-0.39, 0.29) is 28.1 Å². The first kappa shape index (κ1) is 26.4. The smallest absolute Gasteiger partial charge is 0.416 e. The van der Waals surface area contributed by atoms with E-state index in [1.165, 1.54) is 19.9 Å². The summed E-state index contributed by atoms with van der Waals surface area (Å²) in [4.78, 5) is 27.4. The molecule has 2 aromatic heterocycles. The molecule has 0 spiro atoms. The van der Waals surface area contributed by atoms with Crippen LogP contribution in [-0.4, -0.2) is 34.4 Å². The lowest BCUT2D eigenvalue weighted by atomic mass is 10.1. The van der Waals surface area contributed by atoms with Crippen molar-refractivity contribution in [2.24, 2.45) is 0 Å². The van der Waals surface area contributed by atoms with E-state index >= 15 is 0 Å². The van der Waals surface area contributed by atoms with Crippen molar-refractivity contribution in [3.63, 3.8) is 0 Å². The molecular formula is C24H20F3N3O5S2. The second-order valence-corrected chi connectivity index (χ2v) is 11.2. The van der Waals surface area contributed by atoms with Gasteiger partial charge in [0.25, 0.3) is 0 Å². The topological polar surface area (TPSA) is 118 Å². The van der Waals surface area contributed by atoms with Crippen molar-refractivity contribution in [2.45, 2.75) is 31.2 Å². The van der Waals surface area contributed by atoms with Crippen molar-refractivity contribution in [1.82, 2.24) is 8.96 Å². The third kappa shape index (κ3) is 4.83. The molecule has 37 heavy (non-hydrogen) atoms. The Balaban J connectivity index is 1.90. The molecule has 1 amide bonds. The monoisotopic (exact) mass is 551 g/mol. The molecule has 2 unspecified atom stereocenters. The maximum absolute atomic E-state index is 14.0. The van der Waals surface area contributed by atoms with Crippen LogP contribution in [0.5, 0.6) is 0 Å². The number of hydrogen-bond acceptors (Lipinski definition) is 6. The molecule has 13 heteroatoms. The number of benzene rings is 2. The van der Waals surface area contributed by atoms with Gasteiger partial charge in [0.1, 0.15) is 5.25 Å². The molecule has 0 saturated carbocycles. The van der Waals surface area contributed by atoms with Gasteiger partial charge >= 0.3 is 12.1 Å². The minimum Gasteiger partial charge on any atom is -0.481 e. The number of anilines is 1. The van der Waals surface area contributed by atoms with Crippen LogP contribution in [-0.2, 0) is 25.8 Å². The van der Waals surface area contributed by atoms with Crippen LogP contribution in [0.2, 0.25) is 0 Å². The maximum Gasteiger partial charge on any atom is 0.416 e. The van der Waals surface area contributed by atoms with E-state index in [2.05, 4.69) is 16.9 Å². The normalized spacial score (nSPS) is 14.0. The fourth-order valence-electron chi connectivity index (χ4n) is 3.97. The van der Waals surface area contributed by atoms with E-state index in [1.807, 2.05) is 0 Å². The predicted molar refractivity (Wildman–Crippen MR) is 134 cm³/mol. The fraction of sp³-hybridized carbons (Fsp3) is 0.208. The third-order valence-electron chi connectivity index (χ3n) is 5.74. The predicted octanol–water partition coefficient (Wildman–Crippen LogP) is 5.52. The molecule has 0 radical (unpaired) electrons. The SMILES string of the molecule is C=CC(c1ccc2nc(NC(C)=O)sc2c1)S(=O)(=O)n1c(C(C)C(=O)O)cc2cc(C(F)(F)F)ccc21. The van der Waals surface area contributed by atoms with Gasteiger partial charge in [-0.25, -0.2) is 17.4 Å². The standard InChI is InChI=1S/C24H20F3N3O5S2/c1-4-21(14-5-7-17-20(11-14)36-23(29-17)28-13(3)31)37(34,35)30-18-8-6-16(24(25,26)27)9-15(18)10-19(30)12(2)22(32)33/h4-12,21H,1H2,2-3H3,(H,32,33)(H,28,29,31). The highest BCUT2D eigenvalue weighted by atomic mass is 32.2. The van der Waals surface area contributed by atoms with Crippen molar-refractivity contribution in [2.75, 3.05) is 5.32 Å². The number of nitrogens with zero attached hydrogens (tertiary/aromatic N) is 2. The Labute approximate surface area is 213 Å². The lowest BCUT2D eigenvalue weighted by Crippen LogP contribution is -2.24.